The van der Waals surface area contributed by atoms with E-state index in [1.807, 2.05) is 54.3 Å². The van der Waals surface area contributed by atoms with Crippen LogP contribution in [-0.4, -0.2) is 49.1 Å². The van der Waals surface area contributed by atoms with Crippen LogP contribution in [-0.2, 0) is 9.59 Å². The first-order valence-electron chi connectivity index (χ1n) is 10.9. The third kappa shape index (κ3) is 4.90. The number of piperidine rings is 1. The number of amides is 2. The molecule has 1 atom stereocenters. The zero-order valence-corrected chi connectivity index (χ0v) is 17.8. The number of carbonyl (C=O) groups is 2. The van der Waals surface area contributed by atoms with Crippen LogP contribution in [0.4, 0.5) is 5.69 Å². The highest BCUT2D eigenvalue weighted by atomic mass is 16.5. The SMILES string of the molecule is CCOc1ccc(/C=C/C(=O)N2C[C@H](C(=O)N3CCCCC3)Oc3ccccc32)cc1. The van der Waals surface area contributed by atoms with Gasteiger partial charge in [-0.1, -0.05) is 24.3 Å². The number of carbonyl (C=O) groups excluding carboxylic acids is 2. The minimum absolute atomic E-state index is 0.0394. The summed E-state index contributed by atoms with van der Waals surface area (Å²) in [6.07, 6.45) is 5.82. The number of hydrogen-bond acceptors (Lipinski definition) is 4. The summed E-state index contributed by atoms with van der Waals surface area (Å²) in [6.45, 7) is 4.27. The maximum absolute atomic E-state index is 13.1. The van der Waals surface area contributed by atoms with Gasteiger partial charge in [0.2, 0.25) is 0 Å². The molecule has 162 valence electrons. The molecule has 6 nitrogen and oxygen atoms in total. The second kappa shape index (κ2) is 9.69. The van der Waals surface area contributed by atoms with Crippen LogP contribution < -0.4 is 14.4 Å². The van der Waals surface area contributed by atoms with Crippen molar-refractivity contribution in [2.24, 2.45) is 0 Å². The largest absolute Gasteiger partial charge is 0.494 e. The van der Waals surface area contributed by atoms with Gasteiger partial charge in [-0.25, -0.2) is 0 Å². The van der Waals surface area contributed by atoms with E-state index in [1.54, 1.807) is 23.1 Å². The lowest BCUT2D eigenvalue weighted by molar-refractivity contribution is -0.139. The molecule has 1 fully saturated rings. The average molecular weight is 421 g/mol. The van der Waals surface area contributed by atoms with Crippen molar-refractivity contribution in [3.8, 4) is 11.5 Å². The molecule has 2 amide bonds. The van der Waals surface area contributed by atoms with Crippen molar-refractivity contribution in [1.29, 1.82) is 0 Å². The molecule has 0 N–H and O–H groups in total. The topological polar surface area (TPSA) is 59.1 Å². The predicted octanol–water partition coefficient (Wildman–Crippen LogP) is 3.91. The maximum Gasteiger partial charge on any atom is 0.265 e. The molecule has 2 aromatic rings. The molecule has 0 spiro atoms. The number of nitrogens with zero attached hydrogens (tertiary/aromatic N) is 2. The van der Waals surface area contributed by atoms with E-state index in [0.717, 1.165) is 43.7 Å². The fourth-order valence-electron chi connectivity index (χ4n) is 3.99. The Labute approximate surface area is 183 Å². The van der Waals surface area contributed by atoms with E-state index in [4.69, 9.17) is 9.47 Å². The Balaban J connectivity index is 1.51. The van der Waals surface area contributed by atoms with Crippen LogP contribution in [0.1, 0.15) is 31.7 Å². The van der Waals surface area contributed by atoms with Gasteiger partial charge in [-0.15, -0.1) is 0 Å². The zero-order chi connectivity index (χ0) is 21.6. The van der Waals surface area contributed by atoms with Crippen LogP contribution in [0.3, 0.4) is 0 Å². The molecule has 0 unspecified atom stereocenters. The highest BCUT2D eigenvalue weighted by Crippen LogP contribution is 2.34. The van der Waals surface area contributed by atoms with Crippen molar-refractivity contribution in [3.05, 3.63) is 60.2 Å². The van der Waals surface area contributed by atoms with E-state index >= 15 is 0 Å². The van der Waals surface area contributed by atoms with Crippen molar-refractivity contribution in [3.63, 3.8) is 0 Å². The molecule has 6 heteroatoms. The molecular formula is C25H28N2O4. The minimum atomic E-state index is -0.684. The first-order valence-corrected chi connectivity index (χ1v) is 10.9. The second-order valence-electron chi connectivity index (χ2n) is 7.74. The van der Waals surface area contributed by atoms with Gasteiger partial charge < -0.3 is 19.3 Å². The molecule has 31 heavy (non-hydrogen) atoms. The minimum Gasteiger partial charge on any atom is -0.494 e. The molecule has 2 aromatic carbocycles. The van der Waals surface area contributed by atoms with Gasteiger partial charge in [-0.05, 0) is 62.1 Å². The Morgan fingerprint density at radius 2 is 1.81 bits per heavy atom. The molecular weight excluding hydrogens is 392 g/mol. The van der Waals surface area contributed by atoms with Gasteiger partial charge in [-0.3, -0.25) is 9.59 Å². The van der Waals surface area contributed by atoms with E-state index in [-0.39, 0.29) is 18.4 Å². The molecule has 0 radical (unpaired) electrons. The number of ether oxygens (including phenoxy) is 2. The smallest absolute Gasteiger partial charge is 0.265 e. The van der Waals surface area contributed by atoms with Gasteiger partial charge in [0.1, 0.15) is 11.5 Å². The molecule has 0 bridgehead atoms. The number of anilines is 1. The van der Waals surface area contributed by atoms with Gasteiger partial charge in [0.05, 0.1) is 18.8 Å². The summed E-state index contributed by atoms with van der Waals surface area (Å²) in [5.74, 6) is 1.14. The standard InChI is InChI=1S/C25H28N2O4/c1-2-30-20-13-10-19(11-14-20)12-15-24(28)27-18-23(25(29)26-16-6-3-7-17-26)31-22-9-5-4-8-21(22)27/h4-5,8-15,23H,2-3,6-7,16-18H2,1H3/b15-12+/t23-/m1/s1. The van der Waals surface area contributed by atoms with Crippen molar-refractivity contribution in [1.82, 2.24) is 4.90 Å². The first-order chi connectivity index (χ1) is 15.2. The Bertz CT molecular complexity index is 948. The number of hydrogen-bond donors (Lipinski definition) is 0. The Hall–Kier alpha value is -3.28. The number of likely N-dealkylation sites (tertiary alicyclic amines) is 1. The van der Waals surface area contributed by atoms with E-state index in [2.05, 4.69) is 0 Å². The monoisotopic (exact) mass is 420 g/mol. The summed E-state index contributed by atoms with van der Waals surface area (Å²) in [4.78, 5) is 29.6. The summed E-state index contributed by atoms with van der Waals surface area (Å²) in [5, 5.41) is 0. The first kappa shape index (κ1) is 21.0. The van der Waals surface area contributed by atoms with Crippen LogP contribution in [0.5, 0.6) is 11.5 Å². The van der Waals surface area contributed by atoms with Crippen molar-refractivity contribution in [2.75, 3.05) is 31.1 Å². The molecule has 4 rings (SSSR count). The number of benzene rings is 2. The molecule has 2 heterocycles. The summed E-state index contributed by atoms with van der Waals surface area (Å²) in [5.41, 5.74) is 1.59. The van der Waals surface area contributed by atoms with Gasteiger partial charge in [0.15, 0.2) is 6.10 Å². The Morgan fingerprint density at radius 3 is 2.55 bits per heavy atom. The van der Waals surface area contributed by atoms with E-state index in [1.165, 1.54) is 0 Å². The van der Waals surface area contributed by atoms with Gasteiger partial charge in [0.25, 0.3) is 11.8 Å². The van der Waals surface area contributed by atoms with Crippen LogP contribution in [0.25, 0.3) is 6.08 Å². The normalized spacial score (nSPS) is 18.4. The lowest BCUT2D eigenvalue weighted by Crippen LogP contribution is -2.52. The molecule has 0 aliphatic carbocycles. The summed E-state index contributed by atoms with van der Waals surface area (Å²) in [6, 6.07) is 14.9. The fourth-order valence-corrected chi connectivity index (χ4v) is 3.99. The molecule has 2 aliphatic heterocycles. The van der Waals surface area contributed by atoms with Gasteiger partial charge >= 0.3 is 0 Å². The van der Waals surface area contributed by atoms with Gasteiger partial charge in [0, 0.05) is 19.2 Å². The maximum atomic E-state index is 13.1. The summed E-state index contributed by atoms with van der Waals surface area (Å²) in [7, 11) is 0. The summed E-state index contributed by atoms with van der Waals surface area (Å²) < 4.78 is 11.5. The lowest BCUT2D eigenvalue weighted by Gasteiger charge is -2.37. The average Bonchev–Trinajstić information content (AvgIpc) is 2.83. The lowest BCUT2D eigenvalue weighted by atomic mass is 10.1. The van der Waals surface area contributed by atoms with E-state index in [0.29, 0.717) is 18.0 Å². The van der Waals surface area contributed by atoms with Crippen LogP contribution in [0.15, 0.2) is 54.6 Å². The Morgan fingerprint density at radius 1 is 1.06 bits per heavy atom. The van der Waals surface area contributed by atoms with Crippen LogP contribution >= 0.6 is 0 Å². The highest BCUT2D eigenvalue weighted by Gasteiger charge is 2.35. The van der Waals surface area contributed by atoms with E-state index < -0.39 is 6.10 Å². The summed E-state index contributed by atoms with van der Waals surface area (Å²) >= 11 is 0. The molecule has 0 saturated carbocycles. The van der Waals surface area contributed by atoms with Crippen molar-refractivity contribution >= 4 is 23.6 Å². The molecule has 2 aliphatic rings. The number of para-hydroxylation sites is 2. The third-order valence-corrected chi connectivity index (χ3v) is 5.59. The van der Waals surface area contributed by atoms with Crippen molar-refractivity contribution in [2.45, 2.75) is 32.3 Å². The van der Waals surface area contributed by atoms with Crippen LogP contribution in [0.2, 0.25) is 0 Å². The Kier molecular flexibility index (Phi) is 6.55. The third-order valence-electron chi connectivity index (χ3n) is 5.59. The van der Waals surface area contributed by atoms with Crippen molar-refractivity contribution < 1.29 is 19.1 Å². The number of rotatable bonds is 5. The van der Waals surface area contributed by atoms with E-state index in [9.17, 15) is 9.59 Å². The quantitative estimate of drug-likeness (QED) is 0.689. The predicted molar refractivity (Wildman–Crippen MR) is 120 cm³/mol. The van der Waals surface area contributed by atoms with Crippen LogP contribution in [0, 0.1) is 0 Å². The van der Waals surface area contributed by atoms with Gasteiger partial charge in [-0.2, -0.15) is 0 Å². The molecule has 0 aromatic heterocycles. The zero-order valence-electron chi connectivity index (χ0n) is 17.8. The second-order valence-corrected chi connectivity index (χ2v) is 7.74. The fraction of sp³-hybridized carbons (Fsp3) is 0.360. The number of fused-ring (bicyclic) bond motifs is 1. The highest BCUT2D eigenvalue weighted by molar-refractivity contribution is 6.05. The molecule has 1 saturated heterocycles.